The second kappa shape index (κ2) is 10.2. The van der Waals surface area contributed by atoms with E-state index in [0.717, 1.165) is 51.9 Å². The molecule has 1 aliphatic heterocycles. The molecule has 2 aliphatic rings. The van der Waals surface area contributed by atoms with E-state index in [1.807, 2.05) is 0 Å². The molecular formula is C18H29IN4O. The van der Waals surface area contributed by atoms with Gasteiger partial charge in [0, 0.05) is 32.2 Å². The summed E-state index contributed by atoms with van der Waals surface area (Å²) < 4.78 is 5.39. The van der Waals surface area contributed by atoms with Gasteiger partial charge in [-0.3, -0.25) is 4.90 Å². The number of halogens is 1. The van der Waals surface area contributed by atoms with Crippen LogP contribution in [0.1, 0.15) is 30.9 Å². The van der Waals surface area contributed by atoms with Crippen molar-refractivity contribution in [2.45, 2.75) is 38.9 Å². The van der Waals surface area contributed by atoms with Gasteiger partial charge < -0.3 is 15.4 Å². The van der Waals surface area contributed by atoms with Gasteiger partial charge >= 0.3 is 0 Å². The number of nitrogens with zero attached hydrogens (tertiary/aromatic N) is 2. The van der Waals surface area contributed by atoms with Crippen LogP contribution in [0.2, 0.25) is 0 Å². The highest BCUT2D eigenvalue weighted by Crippen LogP contribution is 2.18. The topological polar surface area (TPSA) is 48.9 Å². The maximum atomic E-state index is 5.39. The Kier molecular flexibility index (Phi) is 8.28. The van der Waals surface area contributed by atoms with Crippen molar-refractivity contribution in [2.75, 3.05) is 32.8 Å². The van der Waals surface area contributed by atoms with Crippen LogP contribution in [0.3, 0.4) is 0 Å². The molecule has 134 valence electrons. The van der Waals surface area contributed by atoms with Crippen LogP contribution >= 0.6 is 24.0 Å². The van der Waals surface area contributed by atoms with Crippen molar-refractivity contribution < 1.29 is 4.74 Å². The van der Waals surface area contributed by atoms with E-state index >= 15 is 0 Å². The molecule has 6 heteroatoms. The Hall–Kier alpha value is -0.860. The molecule has 0 spiro atoms. The van der Waals surface area contributed by atoms with Crippen molar-refractivity contribution >= 4 is 29.9 Å². The molecule has 1 saturated carbocycles. The Morgan fingerprint density at radius 3 is 2.46 bits per heavy atom. The predicted molar refractivity (Wildman–Crippen MR) is 109 cm³/mol. The van der Waals surface area contributed by atoms with Crippen molar-refractivity contribution in [1.82, 2.24) is 15.5 Å². The Bertz CT molecular complexity index is 510. The van der Waals surface area contributed by atoms with E-state index in [9.17, 15) is 0 Å². The van der Waals surface area contributed by atoms with Crippen LogP contribution in [0.15, 0.2) is 29.3 Å². The van der Waals surface area contributed by atoms with E-state index in [2.05, 4.69) is 51.7 Å². The van der Waals surface area contributed by atoms with Gasteiger partial charge in [-0.05, 0) is 30.9 Å². The molecule has 0 unspecified atom stereocenters. The van der Waals surface area contributed by atoms with Crippen LogP contribution in [0, 0.1) is 0 Å². The molecule has 0 bridgehead atoms. The Balaban J connectivity index is 0.00000208. The molecule has 3 rings (SSSR count). The number of morpholine rings is 1. The highest BCUT2D eigenvalue weighted by molar-refractivity contribution is 14.0. The monoisotopic (exact) mass is 444 g/mol. The van der Waals surface area contributed by atoms with Gasteiger partial charge in [-0.1, -0.05) is 24.3 Å². The number of hydrogen-bond acceptors (Lipinski definition) is 3. The summed E-state index contributed by atoms with van der Waals surface area (Å²) in [7, 11) is 0. The van der Waals surface area contributed by atoms with Gasteiger partial charge in [0.25, 0.3) is 0 Å². The maximum absolute atomic E-state index is 5.39. The average molecular weight is 444 g/mol. The summed E-state index contributed by atoms with van der Waals surface area (Å²) >= 11 is 0. The molecule has 2 fully saturated rings. The van der Waals surface area contributed by atoms with Crippen LogP contribution in [0.5, 0.6) is 0 Å². The van der Waals surface area contributed by atoms with E-state index < -0.39 is 0 Å². The normalized spacial score (nSPS) is 18.8. The quantitative estimate of drug-likeness (QED) is 0.402. The number of hydrogen-bond donors (Lipinski definition) is 2. The summed E-state index contributed by atoms with van der Waals surface area (Å²) in [5.41, 5.74) is 2.62. The first-order valence-corrected chi connectivity index (χ1v) is 8.76. The van der Waals surface area contributed by atoms with E-state index in [0.29, 0.717) is 6.04 Å². The fourth-order valence-corrected chi connectivity index (χ4v) is 2.68. The number of ether oxygens (including phenoxy) is 1. The number of nitrogens with one attached hydrogen (secondary N) is 2. The summed E-state index contributed by atoms with van der Waals surface area (Å²) in [6, 6.07) is 9.46. The molecule has 1 aliphatic carbocycles. The van der Waals surface area contributed by atoms with Crippen molar-refractivity contribution in [2.24, 2.45) is 4.99 Å². The lowest BCUT2D eigenvalue weighted by Gasteiger charge is -2.26. The zero-order chi connectivity index (χ0) is 15.9. The first-order valence-electron chi connectivity index (χ1n) is 8.76. The van der Waals surface area contributed by atoms with Crippen molar-refractivity contribution in [3.05, 3.63) is 35.4 Å². The Morgan fingerprint density at radius 2 is 1.83 bits per heavy atom. The Labute approximate surface area is 162 Å². The molecule has 0 amide bonds. The third kappa shape index (κ3) is 6.57. The lowest BCUT2D eigenvalue weighted by atomic mass is 10.1. The predicted octanol–water partition coefficient (Wildman–Crippen LogP) is 2.35. The van der Waals surface area contributed by atoms with Crippen LogP contribution in [0.25, 0.3) is 0 Å². The fourth-order valence-electron chi connectivity index (χ4n) is 2.68. The van der Waals surface area contributed by atoms with Gasteiger partial charge in [-0.25, -0.2) is 4.99 Å². The number of benzene rings is 1. The Morgan fingerprint density at radius 1 is 1.17 bits per heavy atom. The van der Waals surface area contributed by atoms with Crippen LogP contribution in [-0.4, -0.2) is 49.7 Å². The average Bonchev–Trinajstić information content (AvgIpc) is 3.39. The van der Waals surface area contributed by atoms with Gasteiger partial charge in [-0.15, -0.1) is 24.0 Å². The van der Waals surface area contributed by atoms with Gasteiger partial charge in [0.1, 0.15) is 0 Å². The minimum absolute atomic E-state index is 0. The molecule has 0 aromatic heterocycles. The molecule has 5 nitrogen and oxygen atoms in total. The van der Waals surface area contributed by atoms with Gasteiger partial charge in [0.05, 0.1) is 19.8 Å². The largest absolute Gasteiger partial charge is 0.379 e. The molecule has 0 atom stereocenters. The highest BCUT2D eigenvalue weighted by Gasteiger charge is 2.22. The SMILES string of the molecule is CCNC(=NCc1ccc(CN2CCOCC2)cc1)NC1CC1.I. The molecule has 1 aromatic rings. The first kappa shape index (κ1) is 19.5. The van der Waals surface area contributed by atoms with E-state index in [1.165, 1.54) is 24.0 Å². The number of guanidine groups is 1. The fraction of sp³-hybridized carbons (Fsp3) is 0.611. The van der Waals surface area contributed by atoms with Crippen molar-refractivity contribution in [1.29, 1.82) is 0 Å². The van der Waals surface area contributed by atoms with Gasteiger partial charge in [-0.2, -0.15) is 0 Å². The van der Waals surface area contributed by atoms with Gasteiger partial charge in [0.2, 0.25) is 0 Å². The lowest BCUT2D eigenvalue weighted by molar-refractivity contribution is 0.0342. The van der Waals surface area contributed by atoms with Crippen LogP contribution < -0.4 is 10.6 Å². The molecule has 0 radical (unpaired) electrons. The van der Waals surface area contributed by atoms with Crippen LogP contribution in [-0.2, 0) is 17.8 Å². The zero-order valence-corrected chi connectivity index (χ0v) is 16.8. The maximum Gasteiger partial charge on any atom is 0.191 e. The minimum atomic E-state index is 0. The van der Waals surface area contributed by atoms with Gasteiger partial charge in [0.15, 0.2) is 5.96 Å². The summed E-state index contributed by atoms with van der Waals surface area (Å²) in [5.74, 6) is 0.937. The molecule has 1 saturated heterocycles. The molecule has 2 N–H and O–H groups in total. The smallest absolute Gasteiger partial charge is 0.191 e. The zero-order valence-electron chi connectivity index (χ0n) is 14.5. The van der Waals surface area contributed by atoms with E-state index in [1.54, 1.807) is 0 Å². The second-order valence-corrected chi connectivity index (χ2v) is 6.32. The minimum Gasteiger partial charge on any atom is -0.379 e. The lowest BCUT2D eigenvalue weighted by Crippen LogP contribution is -2.38. The summed E-state index contributed by atoms with van der Waals surface area (Å²) in [4.78, 5) is 7.12. The summed E-state index contributed by atoms with van der Waals surface area (Å²) in [6.45, 7) is 8.51. The summed E-state index contributed by atoms with van der Waals surface area (Å²) in [6.07, 6.45) is 2.53. The molecule has 1 heterocycles. The summed E-state index contributed by atoms with van der Waals surface area (Å²) in [5, 5.41) is 6.76. The standard InChI is InChI=1S/C18H28N4O.HI/c1-2-19-18(21-17-7-8-17)20-13-15-3-5-16(6-4-15)14-22-9-11-23-12-10-22;/h3-6,17H,2,7-14H2,1H3,(H2,19,20,21);1H. The molecular weight excluding hydrogens is 415 g/mol. The molecule has 1 aromatic carbocycles. The number of aliphatic imine (C=N–C) groups is 1. The first-order chi connectivity index (χ1) is 11.3. The van der Waals surface area contributed by atoms with E-state index in [-0.39, 0.29) is 24.0 Å². The third-order valence-corrected chi connectivity index (χ3v) is 4.22. The van der Waals surface area contributed by atoms with Crippen molar-refractivity contribution in [3.8, 4) is 0 Å². The highest BCUT2D eigenvalue weighted by atomic mass is 127. The van der Waals surface area contributed by atoms with Crippen molar-refractivity contribution in [3.63, 3.8) is 0 Å². The third-order valence-electron chi connectivity index (χ3n) is 4.22. The molecule has 24 heavy (non-hydrogen) atoms. The van der Waals surface area contributed by atoms with E-state index in [4.69, 9.17) is 4.74 Å². The number of rotatable bonds is 6. The second-order valence-electron chi connectivity index (χ2n) is 6.32. The van der Waals surface area contributed by atoms with Crippen LogP contribution in [0.4, 0.5) is 0 Å².